The van der Waals surface area contributed by atoms with Gasteiger partial charge in [0, 0.05) is 12.2 Å². The van der Waals surface area contributed by atoms with Crippen molar-refractivity contribution in [2.75, 3.05) is 0 Å². The molecule has 31 heavy (non-hydrogen) atoms. The van der Waals surface area contributed by atoms with Gasteiger partial charge >= 0.3 is 5.97 Å². The Morgan fingerprint density at radius 2 is 1.61 bits per heavy atom. The molecular weight excluding hydrogens is 392 g/mol. The molecule has 3 aliphatic rings. The first kappa shape index (κ1) is 22.1. The highest BCUT2D eigenvalue weighted by molar-refractivity contribution is 5.97. The number of nitrogens with zero attached hydrogens (tertiary/aromatic N) is 1. The lowest BCUT2D eigenvalue weighted by atomic mass is 9.81. The number of aliphatic carboxylic acids is 1. The zero-order valence-corrected chi connectivity index (χ0v) is 18.6. The molecule has 0 atom stereocenters. The van der Waals surface area contributed by atoms with Crippen molar-refractivity contribution in [3.8, 4) is 0 Å². The molecule has 0 spiro atoms. The number of hydrogen-bond donors (Lipinski definition) is 2. The molecule has 1 amide bonds. The third-order valence-electron chi connectivity index (χ3n) is 7.73. The van der Waals surface area contributed by atoms with E-state index in [4.69, 9.17) is 0 Å². The zero-order chi connectivity index (χ0) is 21.8. The first-order valence-corrected chi connectivity index (χ1v) is 12.3. The van der Waals surface area contributed by atoms with Crippen LogP contribution in [0.2, 0.25) is 0 Å². The number of carbonyl (C=O) groups is 2. The number of carboxylic acids is 1. The molecule has 0 unspecified atom stereocenters. The van der Waals surface area contributed by atoms with E-state index >= 15 is 0 Å². The molecule has 0 aliphatic heterocycles. The topological polar surface area (TPSA) is 88.4 Å². The maximum Gasteiger partial charge on any atom is 0.329 e. The lowest BCUT2D eigenvalue weighted by molar-refractivity contribution is -0.145. The minimum absolute atomic E-state index is 0.127. The number of rotatable bonds is 5. The summed E-state index contributed by atoms with van der Waals surface area (Å²) in [5.74, 6) is -1.02. The normalized spacial score (nSPS) is 21.7. The van der Waals surface area contributed by atoms with Crippen molar-refractivity contribution in [1.82, 2.24) is 9.88 Å². The van der Waals surface area contributed by atoms with Crippen LogP contribution in [-0.4, -0.2) is 27.1 Å². The van der Waals surface area contributed by atoms with Gasteiger partial charge < -0.3 is 15.0 Å². The van der Waals surface area contributed by atoms with Crippen LogP contribution >= 0.6 is 0 Å². The standard InChI is InChI=1S/C25H36N2O4/c28-22(26-25(24(30)31)14-8-3-9-15-25)20-16-19-12-6-2-7-13-21(19)27(23(20)29)17-18-10-4-1-5-11-18/h16,18H,1-15,17H2,(H,26,28)(H,30,31). The van der Waals surface area contributed by atoms with Gasteiger partial charge in [0.2, 0.25) is 0 Å². The molecule has 1 aromatic heterocycles. The first-order valence-electron chi connectivity index (χ1n) is 12.3. The van der Waals surface area contributed by atoms with Crippen LogP contribution in [0.1, 0.15) is 105 Å². The third-order valence-corrected chi connectivity index (χ3v) is 7.73. The molecule has 4 rings (SSSR count). The molecule has 6 heteroatoms. The highest BCUT2D eigenvalue weighted by Gasteiger charge is 2.41. The number of carboxylic acid groups (broad SMARTS) is 1. The minimum Gasteiger partial charge on any atom is -0.480 e. The van der Waals surface area contributed by atoms with E-state index in [1.54, 1.807) is 6.07 Å². The van der Waals surface area contributed by atoms with Crippen LogP contribution in [0.25, 0.3) is 0 Å². The van der Waals surface area contributed by atoms with Gasteiger partial charge in [-0.2, -0.15) is 0 Å². The van der Waals surface area contributed by atoms with Crippen LogP contribution in [0.15, 0.2) is 10.9 Å². The Morgan fingerprint density at radius 3 is 2.32 bits per heavy atom. The van der Waals surface area contributed by atoms with Crippen molar-refractivity contribution in [1.29, 1.82) is 0 Å². The van der Waals surface area contributed by atoms with Gasteiger partial charge in [0.1, 0.15) is 11.1 Å². The molecule has 1 aromatic rings. The highest BCUT2D eigenvalue weighted by atomic mass is 16.4. The van der Waals surface area contributed by atoms with Crippen molar-refractivity contribution in [2.24, 2.45) is 5.92 Å². The number of fused-ring (bicyclic) bond motifs is 1. The zero-order valence-electron chi connectivity index (χ0n) is 18.6. The number of aryl methyl sites for hydroxylation is 1. The molecule has 6 nitrogen and oxygen atoms in total. The van der Waals surface area contributed by atoms with Crippen LogP contribution in [0, 0.1) is 5.92 Å². The summed E-state index contributed by atoms with van der Waals surface area (Å²) in [5.41, 5.74) is 0.854. The molecule has 1 heterocycles. The molecule has 0 saturated heterocycles. The maximum atomic E-state index is 13.5. The Kier molecular flexibility index (Phi) is 6.83. The van der Waals surface area contributed by atoms with Gasteiger partial charge in [0.25, 0.3) is 11.5 Å². The number of pyridine rings is 1. The number of carbonyl (C=O) groups excluding carboxylic acids is 1. The summed E-state index contributed by atoms with van der Waals surface area (Å²) in [5, 5.41) is 12.6. The summed E-state index contributed by atoms with van der Waals surface area (Å²) in [7, 11) is 0. The van der Waals surface area contributed by atoms with Crippen LogP contribution in [-0.2, 0) is 24.2 Å². The SMILES string of the molecule is O=C(NC1(C(=O)O)CCCCC1)c1cc2c(n(CC3CCCCC3)c1=O)CCCCC2. The van der Waals surface area contributed by atoms with Crippen molar-refractivity contribution in [3.63, 3.8) is 0 Å². The molecule has 0 radical (unpaired) electrons. The van der Waals surface area contributed by atoms with E-state index < -0.39 is 17.4 Å². The molecule has 2 N–H and O–H groups in total. The monoisotopic (exact) mass is 428 g/mol. The van der Waals surface area contributed by atoms with E-state index in [0.29, 0.717) is 25.3 Å². The molecule has 2 saturated carbocycles. The molecular formula is C25H36N2O4. The fourth-order valence-corrected chi connectivity index (χ4v) is 5.87. The summed E-state index contributed by atoms with van der Waals surface area (Å²) < 4.78 is 1.89. The summed E-state index contributed by atoms with van der Waals surface area (Å²) in [6.45, 7) is 0.687. The Bertz CT molecular complexity index is 876. The number of nitrogens with one attached hydrogen (secondary N) is 1. The van der Waals surface area contributed by atoms with E-state index in [1.807, 2.05) is 4.57 Å². The molecule has 0 aromatic carbocycles. The lowest BCUT2D eigenvalue weighted by Crippen LogP contribution is -2.56. The van der Waals surface area contributed by atoms with Gasteiger partial charge in [-0.3, -0.25) is 9.59 Å². The van der Waals surface area contributed by atoms with Gasteiger partial charge in [0.15, 0.2) is 0 Å². The van der Waals surface area contributed by atoms with Gasteiger partial charge in [-0.15, -0.1) is 0 Å². The van der Waals surface area contributed by atoms with Crippen LogP contribution in [0.3, 0.4) is 0 Å². The van der Waals surface area contributed by atoms with Crippen molar-refractivity contribution in [2.45, 2.75) is 108 Å². The Labute approximate surface area is 184 Å². The average molecular weight is 429 g/mol. The van der Waals surface area contributed by atoms with Crippen LogP contribution < -0.4 is 10.9 Å². The largest absolute Gasteiger partial charge is 0.480 e. The fourth-order valence-electron chi connectivity index (χ4n) is 5.87. The molecule has 0 bridgehead atoms. The fraction of sp³-hybridized carbons (Fsp3) is 0.720. The minimum atomic E-state index is -1.25. The predicted molar refractivity (Wildman–Crippen MR) is 119 cm³/mol. The Morgan fingerprint density at radius 1 is 0.968 bits per heavy atom. The van der Waals surface area contributed by atoms with Gasteiger partial charge in [-0.05, 0) is 68.9 Å². The van der Waals surface area contributed by atoms with Gasteiger partial charge in [0.05, 0.1) is 0 Å². The smallest absolute Gasteiger partial charge is 0.329 e. The van der Waals surface area contributed by atoms with E-state index in [2.05, 4.69) is 5.32 Å². The molecule has 3 aliphatic carbocycles. The van der Waals surface area contributed by atoms with Gasteiger partial charge in [-0.1, -0.05) is 44.9 Å². The Hall–Kier alpha value is -2.11. The van der Waals surface area contributed by atoms with E-state index in [0.717, 1.165) is 75.5 Å². The van der Waals surface area contributed by atoms with Crippen molar-refractivity contribution in [3.05, 3.63) is 33.2 Å². The summed E-state index contributed by atoms with van der Waals surface area (Å²) in [6, 6.07) is 1.77. The van der Waals surface area contributed by atoms with Crippen LogP contribution in [0.4, 0.5) is 0 Å². The Balaban J connectivity index is 1.69. The molecule has 170 valence electrons. The van der Waals surface area contributed by atoms with E-state index in [-0.39, 0.29) is 11.1 Å². The summed E-state index contributed by atoms with van der Waals surface area (Å²) in [6.07, 6.45) is 14.4. The number of hydrogen-bond acceptors (Lipinski definition) is 3. The highest BCUT2D eigenvalue weighted by Crippen LogP contribution is 2.30. The first-order chi connectivity index (χ1) is 15.0. The second-order valence-electron chi connectivity index (χ2n) is 9.91. The van der Waals surface area contributed by atoms with E-state index in [1.165, 1.54) is 19.3 Å². The van der Waals surface area contributed by atoms with E-state index in [9.17, 15) is 19.5 Å². The van der Waals surface area contributed by atoms with Crippen molar-refractivity contribution < 1.29 is 14.7 Å². The predicted octanol–water partition coefficient (Wildman–Crippen LogP) is 4.21. The molecule has 2 fully saturated rings. The maximum absolute atomic E-state index is 13.5. The number of amides is 1. The quantitative estimate of drug-likeness (QED) is 0.688. The number of aromatic nitrogens is 1. The third kappa shape index (κ3) is 4.73. The summed E-state index contributed by atoms with van der Waals surface area (Å²) in [4.78, 5) is 38.8. The summed E-state index contributed by atoms with van der Waals surface area (Å²) >= 11 is 0. The average Bonchev–Trinajstić information content (AvgIpc) is 3.02. The second kappa shape index (κ2) is 9.58. The second-order valence-corrected chi connectivity index (χ2v) is 9.91. The van der Waals surface area contributed by atoms with Crippen molar-refractivity contribution >= 4 is 11.9 Å². The lowest BCUT2D eigenvalue weighted by Gasteiger charge is -2.34. The van der Waals surface area contributed by atoms with Gasteiger partial charge in [-0.25, -0.2) is 4.79 Å². The van der Waals surface area contributed by atoms with Crippen LogP contribution in [0.5, 0.6) is 0 Å².